The molecule has 0 aromatic carbocycles. The second kappa shape index (κ2) is 2.80. The van der Waals surface area contributed by atoms with E-state index in [2.05, 4.69) is 14.8 Å². The van der Waals surface area contributed by atoms with Crippen molar-refractivity contribution >= 4 is 0 Å². The van der Waals surface area contributed by atoms with Crippen molar-refractivity contribution in [2.24, 2.45) is 5.73 Å². The van der Waals surface area contributed by atoms with Crippen LogP contribution in [0.3, 0.4) is 0 Å². The van der Waals surface area contributed by atoms with Gasteiger partial charge in [-0.15, -0.1) is 10.2 Å². The fourth-order valence-electron chi connectivity index (χ4n) is 1.75. The molecular formula is C9H16N4. The fourth-order valence-corrected chi connectivity index (χ4v) is 1.75. The van der Waals surface area contributed by atoms with Gasteiger partial charge in [-0.2, -0.15) is 0 Å². The first kappa shape index (κ1) is 8.69. The minimum absolute atomic E-state index is 0.188. The highest BCUT2D eigenvalue weighted by Gasteiger charge is 2.21. The quantitative estimate of drug-likeness (QED) is 0.721. The third kappa shape index (κ3) is 1.72. The molecule has 0 saturated carbocycles. The van der Waals surface area contributed by atoms with Gasteiger partial charge in [-0.1, -0.05) is 0 Å². The van der Waals surface area contributed by atoms with E-state index in [-0.39, 0.29) is 5.54 Å². The van der Waals surface area contributed by atoms with Crippen LogP contribution in [-0.2, 0) is 19.4 Å². The Labute approximate surface area is 78.1 Å². The van der Waals surface area contributed by atoms with Crippen LogP contribution in [0.2, 0.25) is 0 Å². The van der Waals surface area contributed by atoms with Gasteiger partial charge in [-0.05, 0) is 20.3 Å². The molecule has 0 bridgehead atoms. The molecule has 1 aromatic heterocycles. The molecule has 0 aliphatic carbocycles. The highest BCUT2D eigenvalue weighted by Crippen LogP contribution is 2.16. The van der Waals surface area contributed by atoms with E-state index < -0.39 is 0 Å². The van der Waals surface area contributed by atoms with Crippen molar-refractivity contribution in [2.45, 2.75) is 45.2 Å². The van der Waals surface area contributed by atoms with Gasteiger partial charge in [0.15, 0.2) is 0 Å². The Bertz CT molecular complexity index is 308. The minimum atomic E-state index is -0.188. The van der Waals surface area contributed by atoms with E-state index in [0.717, 1.165) is 31.0 Å². The minimum Gasteiger partial charge on any atom is -0.325 e. The summed E-state index contributed by atoms with van der Waals surface area (Å²) in [4.78, 5) is 0. The van der Waals surface area contributed by atoms with Crippen LogP contribution in [0, 0.1) is 0 Å². The van der Waals surface area contributed by atoms with Gasteiger partial charge in [0.1, 0.15) is 11.6 Å². The van der Waals surface area contributed by atoms with E-state index in [0.29, 0.717) is 0 Å². The molecule has 0 fully saturated rings. The van der Waals surface area contributed by atoms with Gasteiger partial charge in [-0.3, -0.25) is 0 Å². The summed E-state index contributed by atoms with van der Waals surface area (Å²) in [7, 11) is 0. The molecule has 2 N–H and O–H groups in total. The normalized spacial score (nSPS) is 16.2. The number of fused-ring (bicyclic) bond motifs is 1. The van der Waals surface area contributed by atoms with Gasteiger partial charge in [0.2, 0.25) is 0 Å². The number of hydrogen-bond acceptors (Lipinski definition) is 3. The van der Waals surface area contributed by atoms with Crippen LogP contribution in [0.4, 0.5) is 0 Å². The third-order valence-electron chi connectivity index (χ3n) is 2.30. The Morgan fingerprint density at radius 1 is 1.46 bits per heavy atom. The maximum Gasteiger partial charge on any atom is 0.134 e. The van der Waals surface area contributed by atoms with Crippen LogP contribution in [0.1, 0.15) is 31.9 Å². The zero-order valence-electron chi connectivity index (χ0n) is 8.25. The van der Waals surface area contributed by atoms with Crippen molar-refractivity contribution < 1.29 is 0 Å². The second-order valence-electron chi connectivity index (χ2n) is 4.45. The van der Waals surface area contributed by atoms with E-state index in [4.69, 9.17) is 5.73 Å². The Morgan fingerprint density at radius 2 is 2.23 bits per heavy atom. The SMILES string of the molecule is CC(C)(N)Cc1nnc2n1CCC2. The van der Waals surface area contributed by atoms with Crippen molar-refractivity contribution in [3.63, 3.8) is 0 Å². The highest BCUT2D eigenvalue weighted by atomic mass is 15.3. The number of nitrogens with two attached hydrogens (primary N) is 1. The molecule has 0 saturated heterocycles. The van der Waals surface area contributed by atoms with Gasteiger partial charge in [-0.25, -0.2) is 0 Å². The third-order valence-corrected chi connectivity index (χ3v) is 2.30. The summed E-state index contributed by atoms with van der Waals surface area (Å²) in [6.07, 6.45) is 3.07. The van der Waals surface area contributed by atoms with Crippen molar-refractivity contribution in [1.82, 2.24) is 14.8 Å². The number of rotatable bonds is 2. The van der Waals surface area contributed by atoms with E-state index in [9.17, 15) is 0 Å². The van der Waals surface area contributed by atoms with E-state index in [1.165, 1.54) is 6.42 Å². The summed E-state index contributed by atoms with van der Waals surface area (Å²) in [6, 6.07) is 0. The smallest absolute Gasteiger partial charge is 0.134 e. The molecule has 0 radical (unpaired) electrons. The molecular weight excluding hydrogens is 164 g/mol. The van der Waals surface area contributed by atoms with Crippen LogP contribution in [-0.4, -0.2) is 20.3 Å². The van der Waals surface area contributed by atoms with Crippen LogP contribution in [0.15, 0.2) is 0 Å². The number of aromatic nitrogens is 3. The summed E-state index contributed by atoms with van der Waals surface area (Å²) in [5.74, 6) is 2.17. The molecule has 13 heavy (non-hydrogen) atoms. The number of nitrogens with zero attached hydrogens (tertiary/aromatic N) is 3. The lowest BCUT2D eigenvalue weighted by Crippen LogP contribution is -2.35. The first-order chi connectivity index (χ1) is 6.06. The predicted molar refractivity (Wildman–Crippen MR) is 50.3 cm³/mol. The number of aryl methyl sites for hydroxylation is 1. The second-order valence-corrected chi connectivity index (χ2v) is 4.45. The molecule has 1 aliphatic heterocycles. The first-order valence-electron chi connectivity index (χ1n) is 4.76. The van der Waals surface area contributed by atoms with E-state index >= 15 is 0 Å². The Balaban J connectivity index is 2.22. The van der Waals surface area contributed by atoms with Gasteiger partial charge < -0.3 is 10.3 Å². The molecule has 4 nitrogen and oxygen atoms in total. The first-order valence-corrected chi connectivity index (χ1v) is 4.76. The van der Waals surface area contributed by atoms with E-state index in [1.54, 1.807) is 0 Å². The summed E-state index contributed by atoms with van der Waals surface area (Å²) >= 11 is 0. The average Bonchev–Trinajstić information content (AvgIpc) is 2.50. The monoisotopic (exact) mass is 180 g/mol. The molecule has 1 aromatic rings. The standard InChI is InChI=1S/C9H16N4/c1-9(2,10)6-8-12-11-7-4-3-5-13(7)8/h3-6,10H2,1-2H3. The highest BCUT2D eigenvalue weighted by molar-refractivity contribution is 5.03. The summed E-state index contributed by atoms with van der Waals surface area (Å²) < 4.78 is 2.20. The summed E-state index contributed by atoms with van der Waals surface area (Å²) in [5.41, 5.74) is 5.75. The summed E-state index contributed by atoms with van der Waals surface area (Å²) in [5, 5.41) is 8.29. The van der Waals surface area contributed by atoms with Crippen LogP contribution < -0.4 is 5.73 Å². The van der Waals surface area contributed by atoms with Crippen LogP contribution >= 0.6 is 0 Å². The van der Waals surface area contributed by atoms with Gasteiger partial charge in [0, 0.05) is 24.9 Å². The van der Waals surface area contributed by atoms with Crippen molar-refractivity contribution in [2.75, 3.05) is 0 Å². The Morgan fingerprint density at radius 3 is 2.92 bits per heavy atom. The predicted octanol–water partition coefficient (Wildman–Crippen LogP) is 0.504. The average molecular weight is 180 g/mol. The molecule has 0 atom stereocenters. The van der Waals surface area contributed by atoms with Crippen molar-refractivity contribution in [1.29, 1.82) is 0 Å². The fraction of sp³-hybridized carbons (Fsp3) is 0.778. The van der Waals surface area contributed by atoms with Crippen molar-refractivity contribution in [3.8, 4) is 0 Å². The molecule has 2 rings (SSSR count). The van der Waals surface area contributed by atoms with Gasteiger partial charge >= 0.3 is 0 Å². The molecule has 0 amide bonds. The number of hydrogen-bond donors (Lipinski definition) is 1. The molecule has 0 unspecified atom stereocenters. The van der Waals surface area contributed by atoms with Crippen molar-refractivity contribution in [3.05, 3.63) is 11.6 Å². The largest absolute Gasteiger partial charge is 0.325 e. The van der Waals surface area contributed by atoms with Crippen LogP contribution in [0.25, 0.3) is 0 Å². The molecule has 4 heteroatoms. The maximum atomic E-state index is 5.94. The van der Waals surface area contributed by atoms with E-state index in [1.807, 2.05) is 13.8 Å². The zero-order valence-corrected chi connectivity index (χ0v) is 8.25. The topological polar surface area (TPSA) is 56.7 Å². The Hall–Kier alpha value is -0.900. The molecule has 0 spiro atoms. The lowest BCUT2D eigenvalue weighted by atomic mass is 10.0. The maximum absolute atomic E-state index is 5.94. The van der Waals surface area contributed by atoms with Gasteiger partial charge in [0.05, 0.1) is 0 Å². The van der Waals surface area contributed by atoms with Gasteiger partial charge in [0.25, 0.3) is 0 Å². The summed E-state index contributed by atoms with van der Waals surface area (Å²) in [6.45, 7) is 5.10. The lowest BCUT2D eigenvalue weighted by molar-refractivity contribution is 0.487. The molecule has 2 heterocycles. The molecule has 72 valence electrons. The zero-order chi connectivity index (χ0) is 9.47. The van der Waals surface area contributed by atoms with Crippen LogP contribution in [0.5, 0.6) is 0 Å². The molecule has 1 aliphatic rings. The Kier molecular flexibility index (Phi) is 1.87. The lowest BCUT2D eigenvalue weighted by Gasteiger charge is -2.17.